The normalized spacial score (nSPS) is 12.4. The van der Waals surface area contributed by atoms with Crippen LogP contribution in [0.2, 0.25) is 0 Å². The van der Waals surface area contributed by atoms with Crippen molar-refractivity contribution in [2.45, 2.75) is 46.6 Å². The molecule has 1 aromatic rings. The molecule has 0 fully saturated rings. The summed E-state index contributed by atoms with van der Waals surface area (Å²) in [7, 11) is 0. The largest absolute Gasteiger partial charge is 0.478 e. The Morgan fingerprint density at radius 2 is 2.09 bits per heavy atom. The highest BCUT2D eigenvalue weighted by atomic mass is 32.1. The highest BCUT2D eigenvalue weighted by Gasteiger charge is 2.19. The van der Waals surface area contributed by atoms with Gasteiger partial charge in [0.25, 0.3) is 0 Å². The molecular weight excluding hydrogens is 304 g/mol. The van der Waals surface area contributed by atoms with E-state index in [4.69, 9.17) is 4.74 Å². The van der Waals surface area contributed by atoms with E-state index in [2.05, 4.69) is 10.3 Å². The number of allylic oxidation sites excluding steroid dienone is 1. The Balaban J connectivity index is 2.83. The SMILES string of the molecule is CC(C)CC=C(C(=O)O)c1csc(NC(=O)OC(C)(C)C)n1. The summed E-state index contributed by atoms with van der Waals surface area (Å²) in [5, 5.41) is 13.7. The number of nitrogens with one attached hydrogen (secondary N) is 1. The van der Waals surface area contributed by atoms with Crippen LogP contribution in [0.4, 0.5) is 9.93 Å². The zero-order chi connectivity index (χ0) is 16.9. The van der Waals surface area contributed by atoms with Crippen molar-refractivity contribution in [1.29, 1.82) is 0 Å². The number of hydrogen-bond acceptors (Lipinski definition) is 5. The first-order valence-electron chi connectivity index (χ1n) is 6.98. The monoisotopic (exact) mass is 326 g/mol. The van der Waals surface area contributed by atoms with Gasteiger partial charge in [0.15, 0.2) is 5.13 Å². The lowest BCUT2D eigenvalue weighted by molar-refractivity contribution is -0.130. The van der Waals surface area contributed by atoms with E-state index in [1.165, 1.54) is 0 Å². The maximum atomic E-state index is 11.7. The van der Waals surface area contributed by atoms with Crippen LogP contribution in [0.3, 0.4) is 0 Å². The molecule has 6 nitrogen and oxygen atoms in total. The van der Waals surface area contributed by atoms with Gasteiger partial charge in [-0.3, -0.25) is 5.32 Å². The van der Waals surface area contributed by atoms with Crippen LogP contribution in [0.15, 0.2) is 11.5 Å². The molecule has 1 aromatic heterocycles. The quantitative estimate of drug-likeness (QED) is 0.798. The van der Waals surface area contributed by atoms with Crippen LogP contribution < -0.4 is 5.32 Å². The van der Waals surface area contributed by atoms with E-state index in [9.17, 15) is 14.7 Å². The Hall–Kier alpha value is -1.89. The number of aromatic nitrogens is 1. The number of hydrogen-bond donors (Lipinski definition) is 2. The van der Waals surface area contributed by atoms with Crippen molar-refractivity contribution in [3.8, 4) is 0 Å². The van der Waals surface area contributed by atoms with Crippen LogP contribution in [0, 0.1) is 5.92 Å². The van der Waals surface area contributed by atoms with Gasteiger partial charge < -0.3 is 9.84 Å². The Bertz CT molecular complexity index is 570. The number of anilines is 1. The first-order chi connectivity index (χ1) is 10.1. The first kappa shape index (κ1) is 18.2. The number of thiazole rings is 1. The summed E-state index contributed by atoms with van der Waals surface area (Å²) >= 11 is 1.16. The third kappa shape index (κ3) is 6.26. The van der Waals surface area contributed by atoms with E-state index in [1.807, 2.05) is 13.8 Å². The molecule has 0 radical (unpaired) electrons. The molecule has 1 heterocycles. The van der Waals surface area contributed by atoms with E-state index >= 15 is 0 Å². The molecule has 0 aromatic carbocycles. The summed E-state index contributed by atoms with van der Waals surface area (Å²) in [4.78, 5) is 27.1. The van der Waals surface area contributed by atoms with E-state index in [1.54, 1.807) is 32.2 Å². The molecule has 0 spiro atoms. The lowest BCUT2D eigenvalue weighted by Gasteiger charge is -2.18. The van der Waals surface area contributed by atoms with Crippen molar-refractivity contribution in [2.75, 3.05) is 5.32 Å². The minimum absolute atomic E-state index is 0.141. The van der Waals surface area contributed by atoms with Gasteiger partial charge in [0.1, 0.15) is 5.60 Å². The molecule has 2 N–H and O–H groups in total. The highest BCUT2D eigenvalue weighted by molar-refractivity contribution is 7.14. The molecule has 0 saturated heterocycles. The molecule has 22 heavy (non-hydrogen) atoms. The van der Waals surface area contributed by atoms with E-state index < -0.39 is 17.7 Å². The second-order valence-electron chi connectivity index (χ2n) is 6.22. The molecule has 1 rings (SSSR count). The Labute approximate surface area is 134 Å². The molecule has 122 valence electrons. The topological polar surface area (TPSA) is 88.5 Å². The van der Waals surface area contributed by atoms with Crippen LogP contribution in [0.1, 0.15) is 46.7 Å². The Kier molecular flexibility index (Phi) is 6.11. The van der Waals surface area contributed by atoms with Gasteiger partial charge in [-0.25, -0.2) is 14.6 Å². The minimum Gasteiger partial charge on any atom is -0.478 e. The van der Waals surface area contributed by atoms with Crippen LogP contribution in [0.25, 0.3) is 5.57 Å². The van der Waals surface area contributed by atoms with Crippen LogP contribution in [-0.4, -0.2) is 27.8 Å². The number of aliphatic carboxylic acids is 1. The van der Waals surface area contributed by atoms with Crippen molar-refractivity contribution in [3.63, 3.8) is 0 Å². The summed E-state index contributed by atoms with van der Waals surface area (Å²) in [5.41, 5.74) is -0.125. The predicted octanol–water partition coefficient (Wildman–Crippen LogP) is 4.00. The summed E-state index contributed by atoms with van der Waals surface area (Å²) in [6.07, 6.45) is 1.68. The maximum absolute atomic E-state index is 11.7. The van der Waals surface area contributed by atoms with Crippen LogP contribution in [-0.2, 0) is 9.53 Å². The number of carbonyl (C=O) groups excluding carboxylic acids is 1. The molecule has 0 unspecified atom stereocenters. The van der Waals surface area contributed by atoms with Gasteiger partial charge in [0.05, 0.1) is 11.3 Å². The van der Waals surface area contributed by atoms with Gasteiger partial charge in [0.2, 0.25) is 0 Å². The molecule has 7 heteroatoms. The predicted molar refractivity (Wildman–Crippen MR) is 87.0 cm³/mol. The molecule has 0 aliphatic rings. The van der Waals surface area contributed by atoms with Crippen LogP contribution >= 0.6 is 11.3 Å². The van der Waals surface area contributed by atoms with Crippen LogP contribution in [0.5, 0.6) is 0 Å². The van der Waals surface area contributed by atoms with Gasteiger partial charge in [0, 0.05) is 5.38 Å². The zero-order valence-corrected chi connectivity index (χ0v) is 14.3. The van der Waals surface area contributed by atoms with Crippen molar-refractivity contribution in [1.82, 2.24) is 4.98 Å². The summed E-state index contributed by atoms with van der Waals surface area (Å²) < 4.78 is 5.12. The fourth-order valence-corrected chi connectivity index (χ4v) is 2.20. The lowest BCUT2D eigenvalue weighted by atomic mass is 10.1. The second-order valence-corrected chi connectivity index (χ2v) is 7.08. The average Bonchev–Trinajstić information content (AvgIpc) is 2.73. The van der Waals surface area contributed by atoms with Gasteiger partial charge >= 0.3 is 12.1 Å². The maximum Gasteiger partial charge on any atom is 0.413 e. The molecule has 0 aliphatic heterocycles. The first-order valence-corrected chi connectivity index (χ1v) is 7.86. The molecule has 0 bridgehead atoms. The molecule has 0 atom stereocenters. The number of carboxylic acids is 1. The van der Waals surface area contributed by atoms with E-state index in [-0.39, 0.29) is 5.57 Å². The Morgan fingerprint density at radius 3 is 2.59 bits per heavy atom. The number of rotatable bonds is 5. The molecule has 0 saturated carbocycles. The number of ether oxygens (including phenoxy) is 1. The standard InChI is InChI=1S/C15H22N2O4S/c1-9(2)6-7-10(12(18)19)11-8-22-13(16-11)17-14(20)21-15(3,4)5/h7-9H,6H2,1-5H3,(H,18,19)(H,16,17,20). The van der Waals surface area contributed by atoms with Crippen molar-refractivity contribution in [2.24, 2.45) is 5.92 Å². The number of carbonyl (C=O) groups is 2. The van der Waals surface area contributed by atoms with Gasteiger partial charge in [-0.2, -0.15) is 0 Å². The lowest BCUT2D eigenvalue weighted by Crippen LogP contribution is -2.27. The molecule has 1 amide bonds. The smallest absolute Gasteiger partial charge is 0.413 e. The Morgan fingerprint density at radius 1 is 1.45 bits per heavy atom. The molecule has 0 aliphatic carbocycles. The van der Waals surface area contributed by atoms with Crippen molar-refractivity contribution >= 4 is 34.1 Å². The second kappa shape index (κ2) is 7.40. The van der Waals surface area contributed by atoms with Crippen molar-refractivity contribution in [3.05, 3.63) is 17.2 Å². The summed E-state index contributed by atoms with van der Waals surface area (Å²) in [5.74, 6) is -0.679. The van der Waals surface area contributed by atoms with Gasteiger partial charge in [-0.15, -0.1) is 11.3 Å². The number of amides is 1. The van der Waals surface area contributed by atoms with Gasteiger partial charge in [-0.05, 0) is 33.1 Å². The number of carboxylic acid groups (broad SMARTS) is 1. The molecular formula is C15H22N2O4S. The highest BCUT2D eigenvalue weighted by Crippen LogP contribution is 2.23. The third-order valence-corrected chi connectivity index (χ3v) is 3.17. The van der Waals surface area contributed by atoms with Gasteiger partial charge in [-0.1, -0.05) is 19.9 Å². The minimum atomic E-state index is -1.03. The third-order valence-electron chi connectivity index (χ3n) is 2.41. The average molecular weight is 326 g/mol. The summed E-state index contributed by atoms with van der Waals surface area (Å²) in [6.45, 7) is 9.30. The zero-order valence-electron chi connectivity index (χ0n) is 13.5. The van der Waals surface area contributed by atoms with E-state index in [0.29, 0.717) is 23.2 Å². The fourth-order valence-electron chi connectivity index (χ4n) is 1.50. The summed E-state index contributed by atoms with van der Waals surface area (Å²) in [6, 6.07) is 0. The number of nitrogens with zero attached hydrogens (tertiary/aromatic N) is 1. The van der Waals surface area contributed by atoms with Crippen molar-refractivity contribution < 1.29 is 19.4 Å². The van der Waals surface area contributed by atoms with E-state index in [0.717, 1.165) is 11.3 Å². The fraction of sp³-hybridized carbons (Fsp3) is 0.533.